The standard InChI is InChI=1S/C16H13FO3/c1-20-16(19)13-8-12(13)15(18)11-6-7-14(17)10-5-3-2-4-9(10)11/h2-7,12-13H,8H2,1H3. The van der Waals surface area contributed by atoms with Gasteiger partial charge in [-0.3, -0.25) is 9.59 Å². The summed E-state index contributed by atoms with van der Waals surface area (Å²) in [6.45, 7) is 0. The first-order valence-electron chi connectivity index (χ1n) is 6.42. The highest BCUT2D eigenvalue weighted by Crippen LogP contribution is 2.42. The maximum Gasteiger partial charge on any atom is 0.309 e. The van der Waals surface area contributed by atoms with E-state index in [1.807, 2.05) is 0 Å². The van der Waals surface area contributed by atoms with Crippen LogP contribution in [0.4, 0.5) is 4.39 Å². The number of hydrogen-bond donors (Lipinski definition) is 0. The quantitative estimate of drug-likeness (QED) is 0.637. The summed E-state index contributed by atoms with van der Waals surface area (Å²) in [6.07, 6.45) is 0.511. The molecule has 0 saturated heterocycles. The fourth-order valence-corrected chi connectivity index (χ4v) is 2.57. The summed E-state index contributed by atoms with van der Waals surface area (Å²) in [4.78, 5) is 23.8. The zero-order valence-corrected chi connectivity index (χ0v) is 10.9. The van der Waals surface area contributed by atoms with Crippen molar-refractivity contribution < 1.29 is 18.7 Å². The number of carbonyl (C=O) groups excluding carboxylic acids is 2. The van der Waals surface area contributed by atoms with Gasteiger partial charge in [-0.25, -0.2) is 4.39 Å². The molecular formula is C16H13FO3. The molecule has 1 aliphatic rings. The molecule has 0 heterocycles. The molecule has 3 nitrogen and oxygen atoms in total. The van der Waals surface area contributed by atoms with E-state index in [2.05, 4.69) is 4.74 Å². The van der Waals surface area contributed by atoms with Crippen LogP contribution in [0.1, 0.15) is 16.8 Å². The molecule has 1 saturated carbocycles. The van der Waals surface area contributed by atoms with E-state index in [9.17, 15) is 14.0 Å². The molecule has 2 aromatic carbocycles. The van der Waals surface area contributed by atoms with Crippen LogP contribution in [0, 0.1) is 17.7 Å². The average molecular weight is 272 g/mol. The first-order valence-corrected chi connectivity index (χ1v) is 6.42. The van der Waals surface area contributed by atoms with Crippen LogP contribution in [0.3, 0.4) is 0 Å². The molecule has 2 atom stereocenters. The third-order valence-corrected chi connectivity index (χ3v) is 3.77. The second-order valence-electron chi connectivity index (χ2n) is 4.98. The number of halogens is 1. The summed E-state index contributed by atoms with van der Waals surface area (Å²) in [5, 5.41) is 1.02. The van der Waals surface area contributed by atoms with Gasteiger partial charge < -0.3 is 4.74 Å². The molecule has 20 heavy (non-hydrogen) atoms. The highest BCUT2D eigenvalue weighted by Gasteiger charge is 2.49. The number of benzene rings is 2. The van der Waals surface area contributed by atoms with Crippen molar-refractivity contribution in [2.75, 3.05) is 7.11 Å². The first-order chi connectivity index (χ1) is 9.63. The van der Waals surface area contributed by atoms with Crippen molar-refractivity contribution in [1.82, 2.24) is 0 Å². The Balaban J connectivity index is 1.98. The van der Waals surface area contributed by atoms with E-state index >= 15 is 0 Å². The van der Waals surface area contributed by atoms with Crippen molar-refractivity contribution in [2.45, 2.75) is 6.42 Å². The van der Waals surface area contributed by atoms with Crippen LogP contribution >= 0.6 is 0 Å². The van der Waals surface area contributed by atoms with Gasteiger partial charge >= 0.3 is 5.97 Å². The van der Waals surface area contributed by atoms with E-state index in [-0.39, 0.29) is 29.4 Å². The van der Waals surface area contributed by atoms with Crippen molar-refractivity contribution in [3.8, 4) is 0 Å². The lowest BCUT2D eigenvalue weighted by atomic mass is 9.98. The lowest BCUT2D eigenvalue weighted by Crippen LogP contribution is -2.10. The molecular weight excluding hydrogens is 259 g/mol. The molecule has 4 heteroatoms. The Kier molecular flexibility index (Phi) is 3.01. The molecule has 0 aromatic heterocycles. The highest BCUT2D eigenvalue weighted by molar-refractivity contribution is 6.11. The number of fused-ring (bicyclic) bond motifs is 1. The lowest BCUT2D eigenvalue weighted by Gasteiger charge is -2.06. The van der Waals surface area contributed by atoms with E-state index in [4.69, 9.17) is 0 Å². The Labute approximate surface area is 115 Å². The SMILES string of the molecule is COC(=O)C1CC1C(=O)c1ccc(F)c2ccccc12. The Morgan fingerprint density at radius 1 is 1.10 bits per heavy atom. The Morgan fingerprint density at radius 2 is 1.80 bits per heavy atom. The van der Waals surface area contributed by atoms with Crippen molar-refractivity contribution in [3.63, 3.8) is 0 Å². The largest absolute Gasteiger partial charge is 0.469 e. The molecule has 1 fully saturated rings. The third kappa shape index (κ3) is 1.97. The third-order valence-electron chi connectivity index (χ3n) is 3.77. The lowest BCUT2D eigenvalue weighted by molar-refractivity contribution is -0.142. The van der Waals surface area contributed by atoms with Crippen LogP contribution in [0.25, 0.3) is 10.8 Å². The van der Waals surface area contributed by atoms with Gasteiger partial charge in [0.05, 0.1) is 13.0 Å². The molecule has 0 aliphatic heterocycles. The smallest absolute Gasteiger partial charge is 0.309 e. The maximum atomic E-state index is 13.7. The number of hydrogen-bond acceptors (Lipinski definition) is 3. The minimum absolute atomic E-state index is 0.114. The van der Waals surface area contributed by atoms with Gasteiger partial charge in [0.15, 0.2) is 5.78 Å². The fourth-order valence-electron chi connectivity index (χ4n) is 2.57. The van der Waals surface area contributed by atoms with E-state index in [0.717, 1.165) is 0 Å². The molecule has 102 valence electrons. The van der Waals surface area contributed by atoms with E-state index < -0.39 is 0 Å². The predicted molar refractivity (Wildman–Crippen MR) is 71.8 cm³/mol. The second kappa shape index (κ2) is 4.71. The first kappa shape index (κ1) is 12.8. The normalized spacial score (nSPS) is 20.7. The number of ketones is 1. The van der Waals surface area contributed by atoms with Gasteiger partial charge in [-0.15, -0.1) is 0 Å². The van der Waals surface area contributed by atoms with Gasteiger partial charge in [-0.2, -0.15) is 0 Å². The topological polar surface area (TPSA) is 43.4 Å². The van der Waals surface area contributed by atoms with E-state index in [1.165, 1.54) is 19.2 Å². The molecule has 0 bridgehead atoms. The number of ether oxygens (including phenoxy) is 1. The molecule has 1 aliphatic carbocycles. The Morgan fingerprint density at radius 3 is 2.50 bits per heavy atom. The highest BCUT2D eigenvalue weighted by atomic mass is 19.1. The summed E-state index contributed by atoms with van der Waals surface area (Å²) < 4.78 is 18.4. The monoisotopic (exact) mass is 272 g/mol. The molecule has 2 unspecified atom stereocenters. The van der Waals surface area contributed by atoms with Gasteiger partial charge in [-0.1, -0.05) is 24.3 Å². The van der Waals surface area contributed by atoms with Gasteiger partial charge in [0.25, 0.3) is 0 Å². The van der Waals surface area contributed by atoms with E-state index in [0.29, 0.717) is 22.8 Å². The number of methoxy groups -OCH3 is 1. The summed E-state index contributed by atoms with van der Waals surface area (Å²) in [5.74, 6) is -1.50. The van der Waals surface area contributed by atoms with Crippen LogP contribution in [0.15, 0.2) is 36.4 Å². The van der Waals surface area contributed by atoms with Crippen molar-refractivity contribution in [3.05, 3.63) is 47.8 Å². The molecule has 0 amide bonds. The molecule has 0 N–H and O–H groups in total. The number of rotatable bonds is 3. The van der Waals surface area contributed by atoms with Gasteiger partial charge in [-0.05, 0) is 23.9 Å². The van der Waals surface area contributed by atoms with Crippen molar-refractivity contribution in [2.24, 2.45) is 11.8 Å². The Bertz CT molecular complexity index is 708. The average Bonchev–Trinajstić information content (AvgIpc) is 3.27. The molecule has 0 spiro atoms. The fraction of sp³-hybridized carbons (Fsp3) is 0.250. The molecule has 3 rings (SSSR count). The van der Waals surface area contributed by atoms with Crippen LogP contribution in [-0.2, 0) is 9.53 Å². The van der Waals surface area contributed by atoms with Crippen molar-refractivity contribution in [1.29, 1.82) is 0 Å². The van der Waals surface area contributed by atoms with E-state index in [1.54, 1.807) is 24.3 Å². The number of carbonyl (C=O) groups is 2. The van der Waals surface area contributed by atoms with Gasteiger partial charge in [0, 0.05) is 16.9 Å². The zero-order chi connectivity index (χ0) is 14.3. The minimum Gasteiger partial charge on any atom is -0.469 e. The minimum atomic E-state index is -0.352. The summed E-state index contributed by atoms with van der Waals surface area (Å²) in [5.41, 5.74) is 0.471. The summed E-state index contributed by atoms with van der Waals surface area (Å²) >= 11 is 0. The van der Waals surface area contributed by atoms with Gasteiger partial charge in [0.2, 0.25) is 0 Å². The van der Waals surface area contributed by atoms with Crippen molar-refractivity contribution >= 4 is 22.5 Å². The summed E-state index contributed by atoms with van der Waals surface area (Å²) in [6, 6.07) is 9.66. The van der Waals surface area contributed by atoms with Crippen LogP contribution < -0.4 is 0 Å². The van der Waals surface area contributed by atoms with Gasteiger partial charge in [0.1, 0.15) is 5.82 Å². The summed E-state index contributed by atoms with van der Waals surface area (Å²) in [7, 11) is 1.31. The number of esters is 1. The van der Waals surface area contributed by atoms with Crippen LogP contribution in [-0.4, -0.2) is 18.9 Å². The second-order valence-corrected chi connectivity index (χ2v) is 4.98. The van der Waals surface area contributed by atoms with Crippen LogP contribution in [0.5, 0.6) is 0 Å². The predicted octanol–water partition coefficient (Wildman–Crippen LogP) is 2.97. The zero-order valence-electron chi connectivity index (χ0n) is 10.9. The Hall–Kier alpha value is -2.23. The maximum absolute atomic E-state index is 13.7. The van der Waals surface area contributed by atoms with Crippen LogP contribution in [0.2, 0.25) is 0 Å². The molecule has 2 aromatic rings. The molecule has 0 radical (unpaired) electrons. The number of Topliss-reactive ketones (excluding diaryl/α,β-unsaturated/α-hetero) is 1.